The van der Waals surface area contributed by atoms with E-state index >= 15 is 0 Å². The molecule has 0 heterocycles. The minimum atomic E-state index is 1.32. The van der Waals surface area contributed by atoms with Crippen LogP contribution in [0.1, 0.15) is 37.8 Å². The first-order chi connectivity index (χ1) is 7.67. The van der Waals surface area contributed by atoms with Crippen molar-refractivity contribution in [1.82, 2.24) is 0 Å². The smallest absolute Gasteiger partial charge is 0.0181 e. The van der Waals surface area contributed by atoms with E-state index in [-0.39, 0.29) is 0 Å². The Kier molecular flexibility index (Phi) is 5.04. The average Bonchev–Trinajstić information content (AvgIpc) is 2.30. The highest BCUT2D eigenvalue weighted by Crippen LogP contribution is 2.16. The fourth-order valence-corrected chi connectivity index (χ4v) is 1.48. The summed E-state index contributed by atoms with van der Waals surface area (Å²) in [5, 5.41) is 2.67. The molecule has 0 heteroatoms. The van der Waals surface area contributed by atoms with Gasteiger partial charge in [0.05, 0.1) is 0 Å². The Hall–Kier alpha value is -1.30. The molecule has 0 amide bonds. The summed E-state index contributed by atoms with van der Waals surface area (Å²) in [6.45, 7) is 8.61. The zero-order valence-corrected chi connectivity index (χ0v) is 10.9. The molecule has 2 aromatic carbocycles. The van der Waals surface area contributed by atoms with Crippen molar-refractivity contribution in [2.24, 2.45) is 0 Å². The Morgan fingerprint density at radius 1 is 0.688 bits per heavy atom. The number of hydrogen-bond donors (Lipinski definition) is 0. The first kappa shape index (κ1) is 12.8. The van der Waals surface area contributed by atoms with E-state index < -0.39 is 0 Å². The lowest BCUT2D eigenvalue weighted by molar-refractivity contribution is 0.886. The Morgan fingerprint density at radius 2 is 1.06 bits per heavy atom. The second-order valence-corrected chi connectivity index (χ2v) is 4.35. The molecule has 0 atom stereocenters. The summed E-state index contributed by atoms with van der Waals surface area (Å²) in [6, 6.07) is 13.1. The van der Waals surface area contributed by atoms with Gasteiger partial charge in [-0.3, -0.25) is 0 Å². The van der Waals surface area contributed by atoms with Crippen molar-refractivity contribution in [3.05, 3.63) is 47.5 Å². The summed E-state index contributed by atoms with van der Waals surface area (Å²) in [4.78, 5) is 0. The van der Waals surface area contributed by atoms with Gasteiger partial charge in [-0.25, -0.2) is 0 Å². The van der Waals surface area contributed by atoms with Gasteiger partial charge < -0.3 is 0 Å². The van der Waals surface area contributed by atoms with E-state index in [1.54, 1.807) is 0 Å². The monoisotopic (exact) mass is 214 g/mol. The van der Waals surface area contributed by atoms with Crippen molar-refractivity contribution >= 4 is 10.8 Å². The quantitative estimate of drug-likeness (QED) is 0.607. The van der Waals surface area contributed by atoms with Gasteiger partial charge in [-0.1, -0.05) is 74.2 Å². The molecule has 0 aliphatic rings. The molecule has 0 aliphatic heterocycles. The first-order valence-electron chi connectivity index (χ1n) is 6.14. The summed E-state index contributed by atoms with van der Waals surface area (Å²) < 4.78 is 0. The van der Waals surface area contributed by atoms with Gasteiger partial charge in [0, 0.05) is 0 Å². The van der Waals surface area contributed by atoms with Crippen LogP contribution in [0.5, 0.6) is 0 Å². The van der Waals surface area contributed by atoms with Gasteiger partial charge in [0.25, 0.3) is 0 Å². The molecule has 0 saturated heterocycles. The van der Waals surface area contributed by atoms with Crippen molar-refractivity contribution in [2.75, 3.05) is 0 Å². The van der Waals surface area contributed by atoms with E-state index in [4.69, 9.17) is 0 Å². The summed E-state index contributed by atoms with van der Waals surface area (Å²) in [6.07, 6.45) is 2.64. The van der Waals surface area contributed by atoms with Crippen LogP contribution < -0.4 is 0 Å². The molecule has 2 aromatic rings. The summed E-state index contributed by atoms with van der Waals surface area (Å²) in [7, 11) is 0. The maximum atomic E-state index is 2.22. The van der Waals surface area contributed by atoms with Crippen LogP contribution in [0.4, 0.5) is 0 Å². The molecule has 0 unspecified atom stereocenters. The number of fused-ring (bicyclic) bond motifs is 1. The Balaban J connectivity index is 0.000000280. The summed E-state index contributed by atoms with van der Waals surface area (Å²) in [5.41, 5.74) is 2.65. The molecule has 0 aliphatic carbocycles. The SMILES string of the molecule is CCCC.Cc1ccc2cc(C)ccc2c1. The second kappa shape index (κ2) is 6.32. The molecule has 0 bridgehead atoms. The standard InChI is InChI=1S/C12H12.C4H10/c1-9-3-5-12-8-10(2)4-6-11(12)7-9;1-3-4-2/h3-8H,1-2H3;3-4H2,1-2H3. The zero-order valence-electron chi connectivity index (χ0n) is 10.9. The van der Waals surface area contributed by atoms with Crippen molar-refractivity contribution in [3.63, 3.8) is 0 Å². The van der Waals surface area contributed by atoms with Gasteiger partial charge in [0.1, 0.15) is 0 Å². The Labute approximate surface area is 99.3 Å². The van der Waals surface area contributed by atoms with Crippen LogP contribution in [0.3, 0.4) is 0 Å². The normalized spacial score (nSPS) is 9.75. The molecule has 0 aromatic heterocycles. The van der Waals surface area contributed by atoms with E-state index in [1.807, 2.05) is 0 Å². The van der Waals surface area contributed by atoms with E-state index in [0.717, 1.165) is 0 Å². The second-order valence-electron chi connectivity index (χ2n) is 4.35. The van der Waals surface area contributed by atoms with E-state index in [1.165, 1.54) is 34.7 Å². The van der Waals surface area contributed by atoms with Crippen LogP contribution in [-0.2, 0) is 0 Å². The number of rotatable bonds is 1. The van der Waals surface area contributed by atoms with Gasteiger partial charge in [-0.05, 0) is 24.6 Å². The third kappa shape index (κ3) is 3.69. The molecule has 0 fully saturated rings. The fraction of sp³-hybridized carbons (Fsp3) is 0.375. The highest BCUT2D eigenvalue weighted by atomic mass is 14.0. The molecule has 0 radical (unpaired) electrons. The zero-order chi connectivity index (χ0) is 12.0. The lowest BCUT2D eigenvalue weighted by Crippen LogP contribution is -1.76. The van der Waals surface area contributed by atoms with Crippen LogP contribution in [0.2, 0.25) is 0 Å². The molecule has 0 spiro atoms. The lowest BCUT2D eigenvalue weighted by Gasteiger charge is -1.99. The predicted octanol–water partition coefficient (Wildman–Crippen LogP) is 5.26. The maximum absolute atomic E-state index is 2.22. The van der Waals surface area contributed by atoms with Crippen LogP contribution in [0.25, 0.3) is 10.8 Å². The number of benzene rings is 2. The molecular weight excluding hydrogens is 192 g/mol. The predicted molar refractivity (Wildman–Crippen MR) is 74.0 cm³/mol. The van der Waals surface area contributed by atoms with Crippen molar-refractivity contribution < 1.29 is 0 Å². The van der Waals surface area contributed by atoms with E-state index in [2.05, 4.69) is 64.1 Å². The van der Waals surface area contributed by atoms with Gasteiger partial charge in [-0.15, -0.1) is 0 Å². The van der Waals surface area contributed by atoms with Crippen LogP contribution in [0, 0.1) is 13.8 Å². The van der Waals surface area contributed by atoms with Gasteiger partial charge >= 0.3 is 0 Å². The molecular formula is C16H22. The van der Waals surface area contributed by atoms with Crippen LogP contribution in [-0.4, -0.2) is 0 Å². The summed E-state index contributed by atoms with van der Waals surface area (Å²) in [5.74, 6) is 0. The van der Waals surface area contributed by atoms with E-state index in [0.29, 0.717) is 0 Å². The number of unbranched alkanes of at least 4 members (excludes halogenated alkanes) is 1. The lowest BCUT2D eigenvalue weighted by atomic mass is 10.1. The Bertz CT molecular complexity index is 397. The molecule has 0 N–H and O–H groups in total. The molecule has 0 saturated carbocycles. The minimum absolute atomic E-state index is 1.32. The van der Waals surface area contributed by atoms with Crippen molar-refractivity contribution in [1.29, 1.82) is 0 Å². The summed E-state index contributed by atoms with van der Waals surface area (Å²) >= 11 is 0. The van der Waals surface area contributed by atoms with Crippen molar-refractivity contribution in [2.45, 2.75) is 40.5 Å². The van der Waals surface area contributed by atoms with Gasteiger partial charge in [-0.2, -0.15) is 0 Å². The maximum Gasteiger partial charge on any atom is -0.0181 e. The largest absolute Gasteiger partial charge is 0.0654 e. The highest BCUT2D eigenvalue weighted by molar-refractivity contribution is 5.83. The average molecular weight is 214 g/mol. The third-order valence-corrected chi connectivity index (χ3v) is 2.65. The first-order valence-corrected chi connectivity index (χ1v) is 6.14. The van der Waals surface area contributed by atoms with Crippen molar-refractivity contribution in [3.8, 4) is 0 Å². The molecule has 2 rings (SSSR count). The van der Waals surface area contributed by atoms with Gasteiger partial charge in [0.15, 0.2) is 0 Å². The Morgan fingerprint density at radius 3 is 1.38 bits per heavy atom. The van der Waals surface area contributed by atoms with Crippen LogP contribution in [0.15, 0.2) is 36.4 Å². The number of hydrogen-bond acceptors (Lipinski definition) is 0. The van der Waals surface area contributed by atoms with Crippen LogP contribution >= 0.6 is 0 Å². The molecule has 86 valence electrons. The fourth-order valence-electron chi connectivity index (χ4n) is 1.48. The molecule has 0 nitrogen and oxygen atoms in total. The van der Waals surface area contributed by atoms with E-state index in [9.17, 15) is 0 Å². The van der Waals surface area contributed by atoms with Gasteiger partial charge in [0.2, 0.25) is 0 Å². The minimum Gasteiger partial charge on any atom is -0.0654 e. The number of aryl methyl sites for hydroxylation is 2. The molecule has 16 heavy (non-hydrogen) atoms. The third-order valence-electron chi connectivity index (χ3n) is 2.65. The topological polar surface area (TPSA) is 0 Å². The highest BCUT2D eigenvalue weighted by Gasteiger charge is 1.92.